The van der Waals surface area contributed by atoms with Crippen LogP contribution in [0.1, 0.15) is 19.3 Å². The van der Waals surface area contributed by atoms with Crippen molar-refractivity contribution in [3.8, 4) is 0 Å². The highest BCUT2D eigenvalue weighted by molar-refractivity contribution is 5.46. The van der Waals surface area contributed by atoms with Gasteiger partial charge >= 0.3 is 0 Å². The average molecular weight is 216 g/mol. The minimum absolute atomic E-state index is 0.927. The summed E-state index contributed by atoms with van der Waals surface area (Å²) in [6.07, 6.45) is 4.18. The second-order valence-corrected chi connectivity index (χ2v) is 4.94. The van der Waals surface area contributed by atoms with Gasteiger partial charge in [-0.1, -0.05) is 18.2 Å². The molecule has 2 aliphatic rings. The van der Waals surface area contributed by atoms with E-state index in [0.717, 1.165) is 6.04 Å². The first-order valence-corrected chi connectivity index (χ1v) is 6.47. The lowest BCUT2D eigenvalue weighted by molar-refractivity contribution is 0.283. The van der Waals surface area contributed by atoms with Crippen LogP contribution in [-0.2, 0) is 0 Å². The van der Waals surface area contributed by atoms with Crippen LogP contribution in [0.15, 0.2) is 30.3 Å². The lowest BCUT2D eigenvalue weighted by atomic mass is 10.3. The van der Waals surface area contributed by atoms with Gasteiger partial charge in [0.25, 0.3) is 0 Å². The van der Waals surface area contributed by atoms with Gasteiger partial charge in [-0.3, -0.25) is 4.90 Å². The minimum atomic E-state index is 0.927. The Bertz CT molecular complexity index is 332. The summed E-state index contributed by atoms with van der Waals surface area (Å²) in [4.78, 5) is 5.21. The first kappa shape index (κ1) is 10.2. The second kappa shape index (κ2) is 4.46. The number of para-hydroxylation sites is 1. The molecule has 2 fully saturated rings. The van der Waals surface area contributed by atoms with Crippen LogP contribution >= 0.6 is 0 Å². The van der Waals surface area contributed by atoms with Crippen LogP contribution < -0.4 is 4.90 Å². The molecule has 0 N–H and O–H groups in total. The molecule has 2 heteroatoms. The summed E-state index contributed by atoms with van der Waals surface area (Å²) in [7, 11) is 0. The highest BCUT2D eigenvalue weighted by atomic mass is 15.2. The molecule has 0 amide bonds. The van der Waals surface area contributed by atoms with Crippen molar-refractivity contribution in [2.75, 3.05) is 31.1 Å². The predicted octanol–water partition coefficient (Wildman–Crippen LogP) is 2.36. The molecule has 1 aliphatic carbocycles. The molecule has 1 saturated heterocycles. The fourth-order valence-electron chi connectivity index (χ4n) is 2.64. The van der Waals surface area contributed by atoms with Gasteiger partial charge in [0.05, 0.1) is 0 Å². The van der Waals surface area contributed by atoms with Crippen molar-refractivity contribution in [1.29, 1.82) is 0 Å². The number of rotatable bonds is 2. The molecule has 0 atom stereocenters. The zero-order valence-corrected chi connectivity index (χ0v) is 9.81. The molecule has 1 heterocycles. The van der Waals surface area contributed by atoms with E-state index in [1.54, 1.807) is 0 Å². The largest absolute Gasteiger partial charge is 0.370 e. The molecule has 0 aromatic heterocycles. The third-order valence-corrected chi connectivity index (χ3v) is 3.72. The van der Waals surface area contributed by atoms with E-state index in [1.165, 1.54) is 51.1 Å². The number of hydrogen-bond donors (Lipinski definition) is 0. The van der Waals surface area contributed by atoms with Crippen LogP contribution in [0, 0.1) is 0 Å². The average Bonchev–Trinajstić information content (AvgIpc) is 3.16. The third-order valence-electron chi connectivity index (χ3n) is 3.72. The quantitative estimate of drug-likeness (QED) is 0.749. The van der Waals surface area contributed by atoms with Gasteiger partial charge in [0.2, 0.25) is 0 Å². The normalized spacial score (nSPS) is 23.1. The van der Waals surface area contributed by atoms with Crippen molar-refractivity contribution >= 4 is 5.69 Å². The molecule has 3 rings (SSSR count). The van der Waals surface area contributed by atoms with Gasteiger partial charge in [0.1, 0.15) is 0 Å². The molecular weight excluding hydrogens is 196 g/mol. The molecule has 2 nitrogen and oxygen atoms in total. The molecule has 1 aliphatic heterocycles. The number of hydrogen-bond acceptors (Lipinski definition) is 2. The van der Waals surface area contributed by atoms with Crippen LogP contribution in [0.4, 0.5) is 5.69 Å². The molecule has 0 radical (unpaired) electrons. The lowest BCUT2D eigenvalue weighted by Crippen LogP contribution is -2.32. The Kier molecular flexibility index (Phi) is 2.83. The number of nitrogens with zero attached hydrogens (tertiary/aromatic N) is 2. The highest BCUT2D eigenvalue weighted by Crippen LogP contribution is 2.28. The number of benzene rings is 1. The first-order chi connectivity index (χ1) is 7.93. The topological polar surface area (TPSA) is 6.48 Å². The fourth-order valence-corrected chi connectivity index (χ4v) is 2.64. The van der Waals surface area contributed by atoms with Gasteiger partial charge in [-0.2, -0.15) is 0 Å². The third kappa shape index (κ3) is 2.22. The lowest BCUT2D eigenvalue weighted by Gasteiger charge is -2.23. The summed E-state index contributed by atoms with van der Waals surface area (Å²) in [5.74, 6) is 0. The standard InChI is InChI=1S/C14H20N2/c1-2-5-13(6-3-1)15-9-4-10-16(12-11-15)14-7-8-14/h1-3,5-6,14H,4,7-12H2. The van der Waals surface area contributed by atoms with Gasteiger partial charge < -0.3 is 4.90 Å². The summed E-state index contributed by atoms with van der Waals surface area (Å²) in [6.45, 7) is 4.96. The maximum absolute atomic E-state index is 2.68. The molecule has 0 unspecified atom stereocenters. The highest BCUT2D eigenvalue weighted by Gasteiger charge is 2.29. The van der Waals surface area contributed by atoms with E-state index in [-0.39, 0.29) is 0 Å². The van der Waals surface area contributed by atoms with E-state index >= 15 is 0 Å². The fraction of sp³-hybridized carbons (Fsp3) is 0.571. The maximum atomic E-state index is 2.68. The van der Waals surface area contributed by atoms with E-state index in [2.05, 4.69) is 40.1 Å². The van der Waals surface area contributed by atoms with E-state index < -0.39 is 0 Å². The molecule has 0 spiro atoms. The predicted molar refractivity (Wildman–Crippen MR) is 67.9 cm³/mol. The van der Waals surface area contributed by atoms with Crippen LogP contribution in [0.25, 0.3) is 0 Å². The molecule has 1 saturated carbocycles. The van der Waals surface area contributed by atoms with Gasteiger partial charge in [0.15, 0.2) is 0 Å². The van der Waals surface area contributed by atoms with Crippen LogP contribution in [0.5, 0.6) is 0 Å². The number of anilines is 1. The summed E-state index contributed by atoms with van der Waals surface area (Å²) in [6, 6.07) is 11.8. The van der Waals surface area contributed by atoms with Crippen molar-refractivity contribution < 1.29 is 0 Å². The minimum Gasteiger partial charge on any atom is -0.370 e. The summed E-state index contributed by atoms with van der Waals surface area (Å²) in [5.41, 5.74) is 1.39. The Morgan fingerprint density at radius 1 is 0.875 bits per heavy atom. The van der Waals surface area contributed by atoms with Gasteiger partial charge in [0, 0.05) is 37.9 Å². The molecule has 16 heavy (non-hydrogen) atoms. The van der Waals surface area contributed by atoms with Crippen LogP contribution in [0.2, 0.25) is 0 Å². The first-order valence-electron chi connectivity index (χ1n) is 6.47. The SMILES string of the molecule is c1ccc(N2CCCN(C3CC3)CC2)cc1. The summed E-state index contributed by atoms with van der Waals surface area (Å²) >= 11 is 0. The van der Waals surface area contributed by atoms with Crippen molar-refractivity contribution in [2.24, 2.45) is 0 Å². The van der Waals surface area contributed by atoms with Gasteiger partial charge in [-0.15, -0.1) is 0 Å². The van der Waals surface area contributed by atoms with Crippen LogP contribution in [-0.4, -0.2) is 37.1 Å². The zero-order valence-electron chi connectivity index (χ0n) is 9.81. The molecule has 86 valence electrons. The molecule has 1 aromatic carbocycles. The molecule has 0 bridgehead atoms. The van der Waals surface area contributed by atoms with Crippen molar-refractivity contribution in [3.63, 3.8) is 0 Å². The molecular formula is C14H20N2. The second-order valence-electron chi connectivity index (χ2n) is 4.94. The Morgan fingerprint density at radius 3 is 2.44 bits per heavy atom. The van der Waals surface area contributed by atoms with Crippen molar-refractivity contribution in [1.82, 2.24) is 4.90 Å². The van der Waals surface area contributed by atoms with E-state index in [9.17, 15) is 0 Å². The Morgan fingerprint density at radius 2 is 1.69 bits per heavy atom. The summed E-state index contributed by atoms with van der Waals surface area (Å²) < 4.78 is 0. The van der Waals surface area contributed by atoms with E-state index in [1.807, 2.05) is 0 Å². The van der Waals surface area contributed by atoms with Gasteiger partial charge in [-0.25, -0.2) is 0 Å². The van der Waals surface area contributed by atoms with Crippen molar-refractivity contribution in [3.05, 3.63) is 30.3 Å². The zero-order chi connectivity index (χ0) is 10.8. The van der Waals surface area contributed by atoms with E-state index in [4.69, 9.17) is 0 Å². The van der Waals surface area contributed by atoms with Crippen LogP contribution in [0.3, 0.4) is 0 Å². The Hall–Kier alpha value is -1.02. The maximum Gasteiger partial charge on any atom is 0.0366 e. The Labute approximate surface area is 97.9 Å². The Balaban J connectivity index is 1.65. The molecule has 1 aromatic rings. The van der Waals surface area contributed by atoms with E-state index in [0.29, 0.717) is 0 Å². The smallest absolute Gasteiger partial charge is 0.0366 e. The summed E-state index contributed by atoms with van der Waals surface area (Å²) in [5, 5.41) is 0. The monoisotopic (exact) mass is 216 g/mol. The van der Waals surface area contributed by atoms with Crippen molar-refractivity contribution in [2.45, 2.75) is 25.3 Å². The van der Waals surface area contributed by atoms with Gasteiger partial charge in [-0.05, 0) is 31.4 Å².